The Kier molecular flexibility index (Phi) is 4.71. The average molecular weight is 284 g/mol. The van der Waals surface area contributed by atoms with Gasteiger partial charge in [0.15, 0.2) is 0 Å². The van der Waals surface area contributed by atoms with E-state index in [1.54, 1.807) is 6.08 Å². The van der Waals surface area contributed by atoms with Gasteiger partial charge in [-0.2, -0.15) is 0 Å². The standard InChI is InChI=1S/C18H24N2O/c21-18(11-10-15-6-2-1-3-7-15)20-13-5-8-16(14-20)17-9-4-12-19-17/h1-3,6-7,10-11,16-17,19H,4-5,8-9,12-14H2/b11-10+. The fraction of sp³-hybridized carbons (Fsp3) is 0.500. The normalized spacial score (nSPS) is 26.4. The summed E-state index contributed by atoms with van der Waals surface area (Å²) in [6.45, 7) is 2.96. The maximum absolute atomic E-state index is 12.4. The molecule has 3 heteroatoms. The first-order valence-electron chi connectivity index (χ1n) is 8.08. The zero-order valence-corrected chi connectivity index (χ0v) is 12.5. The Morgan fingerprint density at radius 3 is 2.81 bits per heavy atom. The van der Waals surface area contributed by atoms with Gasteiger partial charge in [-0.15, -0.1) is 0 Å². The molecule has 2 unspecified atom stereocenters. The Hall–Kier alpha value is -1.61. The van der Waals surface area contributed by atoms with Gasteiger partial charge in [-0.1, -0.05) is 30.3 Å². The van der Waals surface area contributed by atoms with Crippen LogP contribution in [-0.2, 0) is 4.79 Å². The van der Waals surface area contributed by atoms with Crippen LogP contribution in [0.15, 0.2) is 36.4 Å². The van der Waals surface area contributed by atoms with Gasteiger partial charge in [-0.3, -0.25) is 4.79 Å². The van der Waals surface area contributed by atoms with E-state index in [1.807, 2.05) is 41.3 Å². The molecule has 2 aliphatic rings. The average Bonchev–Trinajstić information content (AvgIpc) is 3.08. The van der Waals surface area contributed by atoms with Gasteiger partial charge in [0.25, 0.3) is 0 Å². The Balaban J connectivity index is 1.58. The van der Waals surface area contributed by atoms with E-state index in [2.05, 4.69) is 5.32 Å². The van der Waals surface area contributed by atoms with Crippen molar-refractivity contribution >= 4 is 12.0 Å². The number of piperidine rings is 1. The summed E-state index contributed by atoms with van der Waals surface area (Å²) < 4.78 is 0. The molecule has 0 bridgehead atoms. The smallest absolute Gasteiger partial charge is 0.246 e. The minimum absolute atomic E-state index is 0.154. The molecule has 1 amide bonds. The number of benzene rings is 1. The van der Waals surface area contributed by atoms with Crippen molar-refractivity contribution < 1.29 is 4.79 Å². The van der Waals surface area contributed by atoms with Crippen molar-refractivity contribution in [1.82, 2.24) is 10.2 Å². The van der Waals surface area contributed by atoms with Crippen LogP contribution in [0.25, 0.3) is 6.08 Å². The zero-order valence-electron chi connectivity index (χ0n) is 12.5. The van der Waals surface area contributed by atoms with Gasteiger partial charge in [0.05, 0.1) is 0 Å². The second kappa shape index (κ2) is 6.90. The van der Waals surface area contributed by atoms with E-state index >= 15 is 0 Å². The first kappa shape index (κ1) is 14.3. The van der Waals surface area contributed by atoms with E-state index in [0.29, 0.717) is 12.0 Å². The zero-order chi connectivity index (χ0) is 14.5. The van der Waals surface area contributed by atoms with Gasteiger partial charge in [-0.05, 0) is 49.8 Å². The number of carbonyl (C=O) groups excluding carboxylic acids is 1. The van der Waals surface area contributed by atoms with Crippen LogP contribution in [-0.4, -0.2) is 36.5 Å². The topological polar surface area (TPSA) is 32.3 Å². The molecule has 2 fully saturated rings. The molecule has 0 spiro atoms. The highest BCUT2D eigenvalue weighted by atomic mass is 16.2. The van der Waals surface area contributed by atoms with Crippen molar-refractivity contribution in [3.8, 4) is 0 Å². The van der Waals surface area contributed by atoms with Crippen LogP contribution < -0.4 is 5.32 Å². The molecule has 0 radical (unpaired) electrons. The summed E-state index contributed by atoms with van der Waals surface area (Å²) in [4.78, 5) is 14.4. The van der Waals surface area contributed by atoms with Crippen LogP contribution in [0, 0.1) is 5.92 Å². The van der Waals surface area contributed by atoms with Crippen molar-refractivity contribution in [2.45, 2.75) is 31.7 Å². The van der Waals surface area contributed by atoms with Gasteiger partial charge in [0, 0.05) is 25.2 Å². The lowest BCUT2D eigenvalue weighted by Crippen LogP contribution is -2.45. The predicted molar refractivity (Wildman–Crippen MR) is 85.8 cm³/mol. The summed E-state index contributed by atoms with van der Waals surface area (Å²) in [6.07, 6.45) is 8.58. The maximum atomic E-state index is 12.4. The van der Waals surface area contributed by atoms with Crippen LogP contribution in [0.1, 0.15) is 31.2 Å². The van der Waals surface area contributed by atoms with Crippen molar-refractivity contribution in [2.24, 2.45) is 5.92 Å². The number of hydrogen-bond acceptors (Lipinski definition) is 2. The van der Waals surface area contributed by atoms with Gasteiger partial charge < -0.3 is 10.2 Å². The molecule has 0 aliphatic carbocycles. The predicted octanol–water partition coefficient (Wildman–Crippen LogP) is 2.69. The van der Waals surface area contributed by atoms with E-state index < -0.39 is 0 Å². The Morgan fingerprint density at radius 2 is 2.05 bits per heavy atom. The molecule has 1 aromatic carbocycles. The molecule has 112 valence electrons. The SMILES string of the molecule is O=C(/C=C/c1ccccc1)N1CCCC(C2CCCN2)C1. The third-order valence-electron chi connectivity index (χ3n) is 4.65. The number of nitrogens with one attached hydrogen (secondary N) is 1. The molecule has 2 heterocycles. The molecule has 1 aromatic rings. The van der Waals surface area contributed by atoms with Crippen LogP contribution in [0.4, 0.5) is 0 Å². The molecule has 0 aromatic heterocycles. The number of hydrogen-bond donors (Lipinski definition) is 1. The quantitative estimate of drug-likeness (QED) is 0.866. The van der Waals surface area contributed by atoms with Gasteiger partial charge in [-0.25, -0.2) is 0 Å². The second-order valence-corrected chi connectivity index (χ2v) is 6.13. The minimum atomic E-state index is 0.154. The Morgan fingerprint density at radius 1 is 1.19 bits per heavy atom. The number of carbonyl (C=O) groups is 1. The summed E-state index contributed by atoms with van der Waals surface area (Å²) in [6, 6.07) is 10.6. The highest BCUT2D eigenvalue weighted by Gasteiger charge is 2.30. The fourth-order valence-electron chi connectivity index (χ4n) is 3.49. The number of rotatable bonds is 3. The first-order valence-corrected chi connectivity index (χ1v) is 8.08. The van der Waals surface area contributed by atoms with E-state index in [-0.39, 0.29) is 5.91 Å². The van der Waals surface area contributed by atoms with E-state index in [1.165, 1.54) is 19.3 Å². The summed E-state index contributed by atoms with van der Waals surface area (Å²) in [7, 11) is 0. The molecular weight excluding hydrogens is 260 g/mol. The van der Waals surface area contributed by atoms with Crippen molar-refractivity contribution in [1.29, 1.82) is 0 Å². The summed E-state index contributed by atoms with van der Waals surface area (Å²) >= 11 is 0. The lowest BCUT2D eigenvalue weighted by atomic mass is 9.90. The summed E-state index contributed by atoms with van der Waals surface area (Å²) in [5.41, 5.74) is 1.08. The van der Waals surface area contributed by atoms with Gasteiger partial charge in [0.2, 0.25) is 5.91 Å². The van der Waals surface area contributed by atoms with E-state index in [9.17, 15) is 4.79 Å². The molecule has 0 saturated carbocycles. The largest absolute Gasteiger partial charge is 0.339 e. The van der Waals surface area contributed by atoms with E-state index in [0.717, 1.165) is 31.6 Å². The van der Waals surface area contributed by atoms with Crippen molar-refractivity contribution in [3.05, 3.63) is 42.0 Å². The lowest BCUT2D eigenvalue weighted by molar-refractivity contribution is -0.127. The Bertz CT molecular complexity index is 491. The van der Waals surface area contributed by atoms with Crippen LogP contribution in [0.3, 0.4) is 0 Å². The van der Waals surface area contributed by atoms with Crippen molar-refractivity contribution in [2.75, 3.05) is 19.6 Å². The number of nitrogens with zero attached hydrogens (tertiary/aromatic N) is 1. The fourth-order valence-corrected chi connectivity index (χ4v) is 3.49. The maximum Gasteiger partial charge on any atom is 0.246 e. The molecule has 21 heavy (non-hydrogen) atoms. The summed E-state index contributed by atoms with van der Waals surface area (Å²) in [5.74, 6) is 0.789. The van der Waals surface area contributed by atoms with Gasteiger partial charge >= 0.3 is 0 Å². The molecular formula is C18H24N2O. The number of likely N-dealkylation sites (tertiary alicyclic amines) is 1. The summed E-state index contributed by atoms with van der Waals surface area (Å²) in [5, 5.41) is 3.59. The number of amides is 1. The van der Waals surface area contributed by atoms with Crippen LogP contribution in [0.2, 0.25) is 0 Å². The van der Waals surface area contributed by atoms with Crippen molar-refractivity contribution in [3.63, 3.8) is 0 Å². The monoisotopic (exact) mass is 284 g/mol. The molecule has 1 N–H and O–H groups in total. The van der Waals surface area contributed by atoms with Crippen LogP contribution in [0.5, 0.6) is 0 Å². The third kappa shape index (κ3) is 3.73. The first-order chi connectivity index (χ1) is 10.3. The highest BCUT2D eigenvalue weighted by molar-refractivity contribution is 5.91. The Labute approximate surface area is 127 Å². The lowest BCUT2D eigenvalue weighted by Gasteiger charge is -2.35. The van der Waals surface area contributed by atoms with E-state index in [4.69, 9.17) is 0 Å². The molecule has 3 nitrogen and oxygen atoms in total. The molecule has 2 atom stereocenters. The second-order valence-electron chi connectivity index (χ2n) is 6.13. The van der Waals surface area contributed by atoms with Gasteiger partial charge in [0.1, 0.15) is 0 Å². The third-order valence-corrected chi connectivity index (χ3v) is 4.65. The van der Waals surface area contributed by atoms with Crippen LogP contribution >= 0.6 is 0 Å². The minimum Gasteiger partial charge on any atom is -0.339 e. The molecule has 2 saturated heterocycles. The molecule has 3 rings (SSSR count). The highest BCUT2D eigenvalue weighted by Crippen LogP contribution is 2.24. The molecule has 2 aliphatic heterocycles.